The highest BCUT2D eigenvalue weighted by Gasteiger charge is 2.40. The molecule has 1 rings (SSSR count). The summed E-state index contributed by atoms with van der Waals surface area (Å²) >= 11 is 0. The van der Waals surface area contributed by atoms with Crippen LogP contribution in [-0.2, 0) is 0 Å². The zero-order chi connectivity index (χ0) is 14.3. The van der Waals surface area contributed by atoms with Crippen molar-refractivity contribution >= 4 is 0 Å². The third-order valence-electron chi connectivity index (χ3n) is 4.32. The van der Waals surface area contributed by atoms with E-state index < -0.39 is 0 Å². The fourth-order valence-corrected chi connectivity index (χ4v) is 3.60. The highest BCUT2D eigenvalue weighted by Crippen LogP contribution is 2.46. The average Bonchev–Trinajstić information content (AvgIpc) is 2.70. The second kappa shape index (κ2) is 7.57. The van der Waals surface area contributed by atoms with Gasteiger partial charge in [-0.1, -0.05) is 59.3 Å². The van der Waals surface area contributed by atoms with Crippen molar-refractivity contribution in [2.75, 3.05) is 13.1 Å². The summed E-state index contributed by atoms with van der Waals surface area (Å²) in [6, 6.07) is 0. The van der Waals surface area contributed by atoms with Crippen molar-refractivity contribution in [3.05, 3.63) is 36.6 Å². The third-order valence-corrected chi connectivity index (χ3v) is 4.32. The third kappa shape index (κ3) is 3.32. The molecule has 0 aromatic rings. The molecule has 0 aromatic heterocycles. The largest absolute Gasteiger partial charge is 0.370 e. The van der Waals surface area contributed by atoms with Crippen LogP contribution in [-0.4, -0.2) is 18.0 Å². The highest BCUT2D eigenvalue weighted by atomic mass is 15.2. The van der Waals surface area contributed by atoms with Gasteiger partial charge >= 0.3 is 0 Å². The maximum absolute atomic E-state index is 4.08. The van der Waals surface area contributed by atoms with Gasteiger partial charge < -0.3 is 4.90 Å². The molecule has 1 heteroatoms. The number of hydrogen-bond acceptors (Lipinski definition) is 1. The number of hydrogen-bond donors (Lipinski definition) is 0. The molecule has 0 amide bonds. The molecule has 0 saturated carbocycles. The van der Waals surface area contributed by atoms with E-state index in [0.29, 0.717) is 5.41 Å². The minimum atomic E-state index is 0.322. The van der Waals surface area contributed by atoms with E-state index in [9.17, 15) is 0 Å². The van der Waals surface area contributed by atoms with Gasteiger partial charge in [0.2, 0.25) is 0 Å². The van der Waals surface area contributed by atoms with E-state index in [4.69, 9.17) is 0 Å². The molecule has 1 aliphatic rings. The zero-order valence-electron chi connectivity index (χ0n) is 13.2. The van der Waals surface area contributed by atoms with Crippen LogP contribution in [0.4, 0.5) is 0 Å². The molecule has 1 aliphatic heterocycles. The average molecular weight is 261 g/mol. The molecular formula is C18H31N. The second-order valence-electron chi connectivity index (χ2n) is 5.76. The van der Waals surface area contributed by atoms with Gasteiger partial charge in [0.15, 0.2) is 0 Å². The number of nitrogens with zero attached hydrogens (tertiary/aromatic N) is 1. The van der Waals surface area contributed by atoms with Gasteiger partial charge in [-0.15, -0.1) is 0 Å². The van der Waals surface area contributed by atoms with Crippen LogP contribution >= 0.6 is 0 Å². The highest BCUT2D eigenvalue weighted by molar-refractivity contribution is 5.41. The monoisotopic (exact) mass is 261 g/mol. The maximum atomic E-state index is 4.08. The molecule has 1 nitrogen and oxygen atoms in total. The van der Waals surface area contributed by atoms with Crippen LogP contribution in [0.25, 0.3) is 0 Å². The van der Waals surface area contributed by atoms with E-state index in [-0.39, 0.29) is 0 Å². The Balaban J connectivity index is 3.08. The van der Waals surface area contributed by atoms with Crippen molar-refractivity contribution in [1.82, 2.24) is 4.90 Å². The maximum Gasteiger partial charge on any atom is 0.0399 e. The Bertz CT molecular complexity index is 332. The zero-order valence-corrected chi connectivity index (χ0v) is 13.2. The fraction of sp³-hybridized carbons (Fsp3) is 0.667. The molecule has 0 saturated heterocycles. The van der Waals surface area contributed by atoms with Crippen LogP contribution in [0.2, 0.25) is 0 Å². The van der Waals surface area contributed by atoms with Crippen molar-refractivity contribution < 1.29 is 0 Å². The Morgan fingerprint density at radius 3 is 2.11 bits per heavy atom. The van der Waals surface area contributed by atoms with E-state index >= 15 is 0 Å². The summed E-state index contributed by atoms with van der Waals surface area (Å²) in [7, 11) is 0. The van der Waals surface area contributed by atoms with Gasteiger partial charge in [-0.3, -0.25) is 0 Å². The van der Waals surface area contributed by atoms with Crippen LogP contribution in [0.5, 0.6) is 0 Å². The quantitative estimate of drug-likeness (QED) is 0.543. The lowest BCUT2D eigenvalue weighted by Gasteiger charge is -2.32. The van der Waals surface area contributed by atoms with Crippen molar-refractivity contribution in [2.45, 2.75) is 59.3 Å². The van der Waals surface area contributed by atoms with Gasteiger partial charge in [0.1, 0.15) is 0 Å². The van der Waals surface area contributed by atoms with E-state index in [1.807, 2.05) is 6.08 Å². The molecule has 0 N–H and O–H groups in total. The molecule has 0 fully saturated rings. The van der Waals surface area contributed by atoms with E-state index in [0.717, 1.165) is 13.1 Å². The van der Waals surface area contributed by atoms with Crippen LogP contribution in [0.3, 0.4) is 0 Å². The standard InChI is InChI=1S/C18H31N/c1-6-11-14-19-15-18(12-7-2,13-8-3)16(9-4)17(19)10-5/h9-10H,4-8,11-15H2,1-3H3. The van der Waals surface area contributed by atoms with Crippen molar-refractivity contribution in [3.63, 3.8) is 0 Å². The first-order valence-electron chi connectivity index (χ1n) is 7.93. The molecule has 0 radical (unpaired) electrons. The van der Waals surface area contributed by atoms with Crippen molar-refractivity contribution in [1.29, 1.82) is 0 Å². The molecule has 0 unspecified atom stereocenters. The van der Waals surface area contributed by atoms with Crippen molar-refractivity contribution in [3.8, 4) is 0 Å². The molecule has 1 heterocycles. The summed E-state index contributed by atoms with van der Waals surface area (Å²) < 4.78 is 0. The second-order valence-corrected chi connectivity index (χ2v) is 5.76. The Hall–Kier alpha value is -0.980. The first-order chi connectivity index (χ1) is 9.18. The van der Waals surface area contributed by atoms with Gasteiger partial charge in [0.05, 0.1) is 0 Å². The number of allylic oxidation sites excluding steroid dienone is 2. The number of rotatable bonds is 9. The number of unbranched alkanes of at least 4 members (excludes halogenated alkanes) is 1. The predicted molar refractivity (Wildman–Crippen MR) is 86.2 cm³/mol. The topological polar surface area (TPSA) is 3.24 Å². The summed E-state index contributed by atoms with van der Waals surface area (Å²) in [6.45, 7) is 17.3. The van der Waals surface area contributed by atoms with Crippen molar-refractivity contribution in [2.24, 2.45) is 5.41 Å². The lowest BCUT2D eigenvalue weighted by molar-refractivity contribution is 0.233. The molecule has 0 spiro atoms. The van der Waals surface area contributed by atoms with E-state index in [1.54, 1.807) is 0 Å². The Morgan fingerprint density at radius 1 is 1.05 bits per heavy atom. The lowest BCUT2D eigenvalue weighted by Crippen LogP contribution is -2.30. The van der Waals surface area contributed by atoms with Gasteiger partial charge in [-0.25, -0.2) is 0 Å². The normalized spacial score (nSPS) is 17.9. The van der Waals surface area contributed by atoms with Crippen LogP contribution < -0.4 is 0 Å². The lowest BCUT2D eigenvalue weighted by atomic mass is 9.74. The van der Waals surface area contributed by atoms with E-state index in [2.05, 4.69) is 44.9 Å². The summed E-state index contributed by atoms with van der Waals surface area (Å²) in [4.78, 5) is 2.54. The summed E-state index contributed by atoms with van der Waals surface area (Å²) in [6.07, 6.45) is 11.7. The van der Waals surface area contributed by atoms with Crippen LogP contribution in [0.15, 0.2) is 36.6 Å². The Labute approximate surface area is 120 Å². The molecule has 0 aromatic carbocycles. The summed E-state index contributed by atoms with van der Waals surface area (Å²) in [5.74, 6) is 0. The minimum Gasteiger partial charge on any atom is -0.370 e. The SMILES string of the molecule is C=CC1=C(C=C)C(CCC)(CCC)CN1CCCC. The van der Waals surface area contributed by atoms with Crippen LogP contribution in [0, 0.1) is 5.41 Å². The molecule has 0 atom stereocenters. The summed E-state index contributed by atoms with van der Waals surface area (Å²) in [5.41, 5.74) is 3.11. The van der Waals surface area contributed by atoms with Crippen LogP contribution in [0.1, 0.15) is 59.3 Å². The molecule has 0 aliphatic carbocycles. The summed E-state index contributed by atoms with van der Waals surface area (Å²) in [5, 5.41) is 0. The first kappa shape index (κ1) is 16.1. The fourth-order valence-electron chi connectivity index (χ4n) is 3.60. The Morgan fingerprint density at radius 2 is 1.68 bits per heavy atom. The van der Waals surface area contributed by atoms with Gasteiger partial charge in [-0.2, -0.15) is 0 Å². The molecule has 108 valence electrons. The van der Waals surface area contributed by atoms with Gasteiger partial charge in [-0.05, 0) is 30.9 Å². The first-order valence-corrected chi connectivity index (χ1v) is 7.93. The van der Waals surface area contributed by atoms with E-state index in [1.165, 1.54) is 49.8 Å². The Kier molecular flexibility index (Phi) is 6.41. The minimum absolute atomic E-state index is 0.322. The molecule has 19 heavy (non-hydrogen) atoms. The predicted octanol–water partition coefficient (Wildman–Crippen LogP) is 5.31. The smallest absolute Gasteiger partial charge is 0.0399 e. The van der Waals surface area contributed by atoms with Gasteiger partial charge in [0.25, 0.3) is 0 Å². The van der Waals surface area contributed by atoms with Gasteiger partial charge in [0, 0.05) is 24.2 Å². The molecular weight excluding hydrogens is 230 g/mol. The molecule has 0 bridgehead atoms.